The summed E-state index contributed by atoms with van der Waals surface area (Å²) in [5, 5.41) is 11.9. The number of hydrogen-bond donors (Lipinski definition) is 2. The van der Waals surface area contributed by atoms with Crippen LogP contribution in [0.4, 0.5) is 0 Å². The van der Waals surface area contributed by atoms with Crippen molar-refractivity contribution >= 4 is 17.7 Å². The number of amides is 1. The Morgan fingerprint density at radius 2 is 2.00 bits per heavy atom. The van der Waals surface area contributed by atoms with E-state index >= 15 is 0 Å². The van der Waals surface area contributed by atoms with Crippen LogP contribution in [0.2, 0.25) is 0 Å². The van der Waals surface area contributed by atoms with E-state index in [0.29, 0.717) is 5.75 Å². The molecule has 126 valence electrons. The summed E-state index contributed by atoms with van der Waals surface area (Å²) >= 11 is 0. The summed E-state index contributed by atoms with van der Waals surface area (Å²) in [7, 11) is 1.57. The molecule has 0 saturated heterocycles. The second-order valence-electron chi connectivity index (χ2n) is 5.27. The highest BCUT2D eigenvalue weighted by molar-refractivity contribution is 6.18. The molecule has 0 spiro atoms. The van der Waals surface area contributed by atoms with Crippen LogP contribution in [-0.2, 0) is 4.79 Å². The second-order valence-corrected chi connectivity index (χ2v) is 5.27. The zero-order chi connectivity index (χ0) is 17.5. The van der Waals surface area contributed by atoms with Crippen LogP contribution in [0, 0.1) is 0 Å². The molecule has 0 fully saturated rings. The molecule has 0 radical (unpaired) electrons. The van der Waals surface area contributed by atoms with Gasteiger partial charge >= 0.3 is 0 Å². The molecule has 0 aliphatic rings. The zero-order valence-electron chi connectivity index (χ0n) is 13.6. The lowest BCUT2D eigenvalue weighted by Crippen LogP contribution is -2.34. The summed E-state index contributed by atoms with van der Waals surface area (Å²) in [6, 6.07) is 11.8. The minimum absolute atomic E-state index is 0.0976. The van der Waals surface area contributed by atoms with Gasteiger partial charge in [0, 0.05) is 18.8 Å². The van der Waals surface area contributed by atoms with Crippen LogP contribution in [0.25, 0.3) is 11.8 Å². The topological polar surface area (TPSA) is 80.6 Å². The molecule has 0 aliphatic heterocycles. The summed E-state index contributed by atoms with van der Waals surface area (Å²) in [5.74, 6) is 0.254. The van der Waals surface area contributed by atoms with Gasteiger partial charge in [0.05, 0.1) is 13.2 Å². The molecule has 1 unspecified atom stereocenters. The van der Waals surface area contributed by atoms with Gasteiger partial charge in [0.15, 0.2) is 0 Å². The van der Waals surface area contributed by atoms with E-state index < -0.39 is 12.0 Å². The monoisotopic (exact) mass is 328 g/mol. The van der Waals surface area contributed by atoms with Crippen LogP contribution in [0.1, 0.15) is 12.5 Å². The molecule has 2 aromatic rings. The lowest BCUT2D eigenvalue weighted by molar-refractivity contribution is -0.116. The molecule has 2 rings (SSSR count). The Kier molecular flexibility index (Phi) is 5.92. The molecule has 0 aliphatic carbocycles. The van der Waals surface area contributed by atoms with Gasteiger partial charge in [0.1, 0.15) is 11.4 Å². The Morgan fingerprint density at radius 3 is 2.58 bits per heavy atom. The molecule has 1 aromatic carbocycles. The molecule has 6 heteroatoms. The van der Waals surface area contributed by atoms with Crippen molar-refractivity contribution in [3.8, 4) is 5.75 Å². The molecule has 1 amide bonds. The van der Waals surface area contributed by atoms with Gasteiger partial charge in [-0.2, -0.15) is 0 Å². The SMILES string of the molecule is COc1ccc(/C=C(/C(=O)NCC(C)O)n2ccccc2=O)cc1. The van der Waals surface area contributed by atoms with Crippen LogP contribution < -0.4 is 15.6 Å². The summed E-state index contributed by atoms with van der Waals surface area (Å²) in [4.78, 5) is 24.5. The molecule has 0 bridgehead atoms. The van der Waals surface area contributed by atoms with Gasteiger partial charge in [0.25, 0.3) is 11.5 Å². The highest BCUT2D eigenvalue weighted by atomic mass is 16.5. The molecular weight excluding hydrogens is 308 g/mol. The number of ether oxygens (including phenoxy) is 1. The van der Waals surface area contributed by atoms with Crippen molar-refractivity contribution < 1.29 is 14.6 Å². The third kappa shape index (κ3) is 4.57. The number of carbonyl (C=O) groups excluding carboxylic acids is 1. The summed E-state index contributed by atoms with van der Waals surface area (Å²) in [6.07, 6.45) is 2.46. The van der Waals surface area contributed by atoms with E-state index in [2.05, 4.69) is 5.32 Å². The van der Waals surface area contributed by atoms with E-state index in [1.54, 1.807) is 56.5 Å². The van der Waals surface area contributed by atoms with Gasteiger partial charge in [-0.25, -0.2) is 0 Å². The number of methoxy groups -OCH3 is 1. The average Bonchev–Trinajstić information content (AvgIpc) is 2.59. The lowest BCUT2D eigenvalue weighted by atomic mass is 10.1. The van der Waals surface area contributed by atoms with Crippen LogP contribution in [-0.4, -0.2) is 35.3 Å². The molecule has 6 nitrogen and oxygen atoms in total. The van der Waals surface area contributed by atoms with Gasteiger partial charge in [-0.15, -0.1) is 0 Å². The van der Waals surface area contributed by atoms with Crippen molar-refractivity contribution in [3.05, 3.63) is 64.6 Å². The highest BCUT2D eigenvalue weighted by Crippen LogP contribution is 2.15. The Labute approximate surface area is 140 Å². The second kappa shape index (κ2) is 8.12. The first-order chi connectivity index (χ1) is 11.5. The number of pyridine rings is 1. The molecule has 2 N–H and O–H groups in total. The van der Waals surface area contributed by atoms with Crippen molar-refractivity contribution in [2.75, 3.05) is 13.7 Å². The standard InChI is InChI=1S/C18H20N2O4/c1-13(21)12-19-18(23)16(20-10-4-3-5-17(20)22)11-14-6-8-15(24-2)9-7-14/h3-11,13,21H,12H2,1-2H3,(H,19,23)/b16-11-. The van der Waals surface area contributed by atoms with E-state index in [4.69, 9.17) is 4.74 Å². The first-order valence-corrected chi connectivity index (χ1v) is 7.51. The maximum Gasteiger partial charge on any atom is 0.268 e. The highest BCUT2D eigenvalue weighted by Gasteiger charge is 2.13. The number of nitrogens with one attached hydrogen (secondary N) is 1. The smallest absolute Gasteiger partial charge is 0.268 e. The molecular formula is C18H20N2O4. The Bertz CT molecular complexity index is 776. The largest absolute Gasteiger partial charge is 0.497 e. The number of hydrogen-bond acceptors (Lipinski definition) is 4. The number of carbonyl (C=O) groups is 1. The normalized spacial score (nSPS) is 12.5. The van der Waals surface area contributed by atoms with E-state index in [9.17, 15) is 14.7 Å². The van der Waals surface area contributed by atoms with Crippen LogP contribution in [0.5, 0.6) is 5.75 Å². The van der Waals surface area contributed by atoms with Crippen LogP contribution in [0.3, 0.4) is 0 Å². The van der Waals surface area contributed by atoms with Gasteiger partial charge in [0.2, 0.25) is 0 Å². The minimum Gasteiger partial charge on any atom is -0.497 e. The van der Waals surface area contributed by atoms with Gasteiger partial charge in [-0.3, -0.25) is 14.2 Å². The molecule has 0 saturated carbocycles. The van der Waals surface area contributed by atoms with Crippen molar-refractivity contribution in [1.29, 1.82) is 0 Å². The number of nitrogens with zero attached hydrogens (tertiary/aromatic N) is 1. The van der Waals surface area contributed by atoms with Crippen LogP contribution >= 0.6 is 0 Å². The van der Waals surface area contributed by atoms with E-state index in [1.807, 2.05) is 0 Å². The first-order valence-electron chi connectivity index (χ1n) is 7.51. The molecule has 1 atom stereocenters. The number of aliphatic hydroxyl groups is 1. The van der Waals surface area contributed by atoms with Crippen LogP contribution in [0.15, 0.2) is 53.5 Å². The van der Waals surface area contributed by atoms with Gasteiger partial charge in [-0.1, -0.05) is 18.2 Å². The maximum absolute atomic E-state index is 12.5. The zero-order valence-corrected chi connectivity index (χ0v) is 13.6. The van der Waals surface area contributed by atoms with E-state index in [-0.39, 0.29) is 17.8 Å². The predicted octanol–water partition coefficient (Wildman–Crippen LogP) is 1.35. The lowest BCUT2D eigenvalue weighted by Gasteiger charge is -2.12. The van der Waals surface area contributed by atoms with E-state index in [0.717, 1.165) is 5.56 Å². The number of benzene rings is 1. The summed E-state index contributed by atoms with van der Waals surface area (Å²) in [5.41, 5.74) is 0.602. The fourth-order valence-electron chi connectivity index (χ4n) is 2.06. The van der Waals surface area contributed by atoms with Crippen molar-refractivity contribution in [3.63, 3.8) is 0 Å². The molecule has 24 heavy (non-hydrogen) atoms. The maximum atomic E-state index is 12.5. The molecule has 1 heterocycles. The minimum atomic E-state index is -0.677. The fourth-order valence-corrected chi connectivity index (χ4v) is 2.06. The number of rotatable bonds is 6. The predicted molar refractivity (Wildman–Crippen MR) is 92.6 cm³/mol. The average molecular weight is 328 g/mol. The Balaban J connectivity index is 2.41. The van der Waals surface area contributed by atoms with Crippen molar-refractivity contribution in [1.82, 2.24) is 9.88 Å². The van der Waals surface area contributed by atoms with E-state index in [1.165, 1.54) is 16.8 Å². The summed E-state index contributed by atoms with van der Waals surface area (Å²) < 4.78 is 6.37. The molecule has 1 aromatic heterocycles. The van der Waals surface area contributed by atoms with Gasteiger partial charge < -0.3 is 15.2 Å². The quantitative estimate of drug-likeness (QED) is 0.785. The Hall–Kier alpha value is -2.86. The number of aliphatic hydroxyl groups excluding tert-OH is 1. The third-order valence-corrected chi connectivity index (χ3v) is 3.29. The number of aromatic nitrogens is 1. The van der Waals surface area contributed by atoms with Gasteiger partial charge in [-0.05, 0) is 36.8 Å². The first kappa shape index (κ1) is 17.5. The summed E-state index contributed by atoms with van der Waals surface area (Å²) in [6.45, 7) is 1.67. The van der Waals surface area contributed by atoms with Crippen molar-refractivity contribution in [2.45, 2.75) is 13.0 Å². The fraction of sp³-hybridized carbons (Fsp3) is 0.222. The Morgan fingerprint density at radius 1 is 1.29 bits per heavy atom. The third-order valence-electron chi connectivity index (χ3n) is 3.29. The van der Waals surface area contributed by atoms with Crippen molar-refractivity contribution in [2.24, 2.45) is 0 Å².